The molecule has 0 radical (unpaired) electrons. The summed E-state index contributed by atoms with van der Waals surface area (Å²) < 4.78 is 1.24. The number of nitrogens with zero attached hydrogens (tertiary/aromatic N) is 2. The second kappa shape index (κ2) is 6.47. The minimum Gasteiger partial charge on any atom is -0.390 e. The van der Waals surface area contributed by atoms with Crippen LogP contribution in [0.15, 0.2) is 21.5 Å². The van der Waals surface area contributed by atoms with Gasteiger partial charge in [-0.3, -0.25) is 14.9 Å². The Labute approximate surface area is 124 Å². The van der Waals surface area contributed by atoms with Crippen LogP contribution in [0, 0.1) is 10.1 Å². The van der Waals surface area contributed by atoms with Gasteiger partial charge >= 0.3 is 0 Å². The Bertz CT molecular complexity index is 551. The molecule has 0 aliphatic carbocycles. The predicted octanol–water partition coefficient (Wildman–Crippen LogP) is 1.27. The van der Waals surface area contributed by atoms with Gasteiger partial charge in [-0.15, -0.1) is 0 Å². The van der Waals surface area contributed by atoms with E-state index in [1.807, 2.05) is 20.8 Å². The van der Waals surface area contributed by atoms with E-state index in [0.29, 0.717) is 0 Å². The summed E-state index contributed by atoms with van der Waals surface area (Å²) in [5.41, 5.74) is -0.771. The van der Waals surface area contributed by atoms with Gasteiger partial charge in [-0.05, 0) is 36.7 Å². The number of aromatic nitrogens is 1. The van der Waals surface area contributed by atoms with Gasteiger partial charge in [0.1, 0.15) is 0 Å². The summed E-state index contributed by atoms with van der Waals surface area (Å²) in [6, 6.07) is 1.15. The smallest absolute Gasteiger partial charge is 0.286 e. The molecular weight excluding hydrogens is 330 g/mol. The van der Waals surface area contributed by atoms with Crippen molar-refractivity contribution in [1.82, 2.24) is 9.88 Å². The number of rotatable bonds is 5. The fourth-order valence-corrected chi connectivity index (χ4v) is 2.00. The highest BCUT2D eigenvalue weighted by Crippen LogP contribution is 2.14. The van der Waals surface area contributed by atoms with Crippen molar-refractivity contribution in [2.75, 3.05) is 6.54 Å². The second-order valence-electron chi connectivity index (χ2n) is 5.55. The Balaban J connectivity index is 2.86. The van der Waals surface area contributed by atoms with Gasteiger partial charge in [0.05, 0.1) is 28.2 Å². The molecule has 0 aliphatic heterocycles. The fraction of sp³-hybridized carbons (Fsp3) is 0.583. The summed E-state index contributed by atoms with van der Waals surface area (Å²) in [5, 5.41) is 23.8. The topological polar surface area (TPSA) is 97.4 Å². The van der Waals surface area contributed by atoms with E-state index in [1.165, 1.54) is 0 Å². The Morgan fingerprint density at radius 1 is 1.55 bits per heavy atom. The first-order chi connectivity index (χ1) is 9.10. The summed E-state index contributed by atoms with van der Waals surface area (Å²) >= 11 is 2.99. The van der Waals surface area contributed by atoms with Crippen LogP contribution in [0.1, 0.15) is 20.8 Å². The van der Waals surface area contributed by atoms with E-state index in [9.17, 15) is 20.0 Å². The van der Waals surface area contributed by atoms with Crippen molar-refractivity contribution in [1.29, 1.82) is 0 Å². The molecule has 0 spiro atoms. The maximum Gasteiger partial charge on any atom is 0.286 e. The molecule has 1 unspecified atom stereocenters. The van der Waals surface area contributed by atoms with E-state index in [0.717, 1.165) is 16.8 Å². The third-order valence-electron chi connectivity index (χ3n) is 2.51. The monoisotopic (exact) mass is 347 g/mol. The summed E-state index contributed by atoms with van der Waals surface area (Å²) in [4.78, 5) is 22.0. The Morgan fingerprint density at radius 2 is 2.15 bits per heavy atom. The van der Waals surface area contributed by atoms with E-state index < -0.39 is 16.6 Å². The van der Waals surface area contributed by atoms with Crippen LogP contribution in [0.4, 0.5) is 5.69 Å². The molecule has 0 aliphatic rings. The van der Waals surface area contributed by atoms with Crippen molar-refractivity contribution in [3.63, 3.8) is 0 Å². The minimum absolute atomic E-state index is 0.0117. The lowest BCUT2D eigenvalue weighted by molar-refractivity contribution is -0.385. The number of nitro groups is 1. The average Bonchev–Trinajstić information content (AvgIpc) is 2.31. The zero-order valence-electron chi connectivity index (χ0n) is 11.6. The van der Waals surface area contributed by atoms with Crippen LogP contribution in [0.3, 0.4) is 0 Å². The number of aliphatic hydroxyl groups excluding tert-OH is 1. The lowest BCUT2D eigenvalue weighted by atomic mass is 10.1. The normalized spacial score (nSPS) is 13.2. The Kier molecular flexibility index (Phi) is 5.43. The first-order valence-corrected chi connectivity index (χ1v) is 6.87. The molecule has 1 heterocycles. The molecule has 2 N–H and O–H groups in total. The maximum atomic E-state index is 11.8. The van der Waals surface area contributed by atoms with Crippen LogP contribution < -0.4 is 10.9 Å². The molecule has 0 saturated heterocycles. The van der Waals surface area contributed by atoms with Crippen LogP contribution in [0.25, 0.3) is 0 Å². The van der Waals surface area contributed by atoms with Crippen LogP contribution in [-0.4, -0.2) is 32.8 Å². The number of aliphatic hydroxyl groups is 1. The van der Waals surface area contributed by atoms with E-state index in [-0.39, 0.29) is 28.8 Å². The van der Waals surface area contributed by atoms with Gasteiger partial charge < -0.3 is 15.0 Å². The van der Waals surface area contributed by atoms with Crippen molar-refractivity contribution in [3.8, 4) is 0 Å². The van der Waals surface area contributed by atoms with Gasteiger partial charge in [0, 0.05) is 18.2 Å². The lowest BCUT2D eigenvalue weighted by Gasteiger charge is -2.23. The number of pyridine rings is 1. The molecule has 0 amide bonds. The molecule has 1 rings (SSSR count). The summed E-state index contributed by atoms with van der Waals surface area (Å²) in [6.45, 7) is 6.14. The number of halogens is 1. The van der Waals surface area contributed by atoms with Gasteiger partial charge in [-0.2, -0.15) is 0 Å². The van der Waals surface area contributed by atoms with Crippen molar-refractivity contribution in [2.45, 2.75) is 39.0 Å². The van der Waals surface area contributed by atoms with Gasteiger partial charge in [0.2, 0.25) is 0 Å². The molecule has 7 nitrogen and oxygen atoms in total. The zero-order chi connectivity index (χ0) is 15.5. The van der Waals surface area contributed by atoms with Crippen molar-refractivity contribution in [3.05, 3.63) is 37.2 Å². The van der Waals surface area contributed by atoms with E-state index in [2.05, 4.69) is 21.2 Å². The fourth-order valence-electron chi connectivity index (χ4n) is 1.54. The first kappa shape index (κ1) is 16.8. The largest absolute Gasteiger partial charge is 0.390 e. The molecule has 8 heteroatoms. The number of hydrogen-bond donors (Lipinski definition) is 2. The lowest BCUT2D eigenvalue weighted by Crippen LogP contribution is -2.42. The first-order valence-electron chi connectivity index (χ1n) is 6.07. The number of hydrogen-bond acceptors (Lipinski definition) is 5. The van der Waals surface area contributed by atoms with Gasteiger partial charge in [0.15, 0.2) is 0 Å². The third-order valence-corrected chi connectivity index (χ3v) is 3.08. The van der Waals surface area contributed by atoms with E-state index in [1.54, 1.807) is 0 Å². The van der Waals surface area contributed by atoms with Gasteiger partial charge in [-0.1, -0.05) is 0 Å². The van der Waals surface area contributed by atoms with Gasteiger partial charge in [-0.25, -0.2) is 0 Å². The molecule has 112 valence electrons. The SMILES string of the molecule is CC(C)(C)NCC(O)Cn1cc([N+](=O)[O-])cc(Br)c1=O. The summed E-state index contributed by atoms with van der Waals surface area (Å²) in [6.07, 6.45) is 0.314. The molecule has 1 aromatic rings. The molecule has 0 bridgehead atoms. The van der Waals surface area contributed by atoms with E-state index >= 15 is 0 Å². The molecular formula is C12H18BrN3O4. The maximum absolute atomic E-state index is 11.8. The summed E-state index contributed by atoms with van der Waals surface area (Å²) in [7, 11) is 0. The standard InChI is InChI=1S/C12H18BrN3O4/c1-12(2,3)14-5-9(17)7-15-6-8(16(19)20)4-10(13)11(15)18/h4,6,9,14,17H,5,7H2,1-3H3. The van der Waals surface area contributed by atoms with Crippen LogP contribution >= 0.6 is 15.9 Å². The highest BCUT2D eigenvalue weighted by atomic mass is 79.9. The highest BCUT2D eigenvalue weighted by molar-refractivity contribution is 9.10. The molecule has 1 aromatic heterocycles. The molecule has 0 fully saturated rings. The molecule has 20 heavy (non-hydrogen) atoms. The predicted molar refractivity (Wildman–Crippen MR) is 78.8 cm³/mol. The van der Waals surface area contributed by atoms with Crippen LogP contribution in [0.2, 0.25) is 0 Å². The zero-order valence-corrected chi connectivity index (χ0v) is 13.2. The highest BCUT2D eigenvalue weighted by Gasteiger charge is 2.16. The Morgan fingerprint density at radius 3 is 2.65 bits per heavy atom. The van der Waals surface area contributed by atoms with Crippen molar-refractivity contribution in [2.24, 2.45) is 0 Å². The molecule has 0 saturated carbocycles. The van der Waals surface area contributed by atoms with Crippen molar-refractivity contribution >= 4 is 21.6 Å². The van der Waals surface area contributed by atoms with E-state index in [4.69, 9.17) is 0 Å². The molecule has 0 aromatic carbocycles. The quantitative estimate of drug-likeness (QED) is 0.617. The van der Waals surface area contributed by atoms with Crippen LogP contribution in [-0.2, 0) is 6.54 Å². The third kappa shape index (κ3) is 5.03. The number of β-amino-alcohol motifs (C(OH)–C–C–N with tert-alkyl or cyclic N) is 1. The summed E-state index contributed by atoms with van der Waals surface area (Å²) in [5.74, 6) is 0. The number of nitrogens with one attached hydrogen (secondary N) is 1. The Hall–Kier alpha value is -1.25. The van der Waals surface area contributed by atoms with Crippen molar-refractivity contribution < 1.29 is 10.0 Å². The van der Waals surface area contributed by atoms with Gasteiger partial charge in [0.25, 0.3) is 11.2 Å². The second-order valence-corrected chi connectivity index (χ2v) is 6.40. The molecule has 1 atom stereocenters. The average molecular weight is 348 g/mol. The van der Waals surface area contributed by atoms with Crippen LogP contribution in [0.5, 0.6) is 0 Å². The minimum atomic E-state index is -0.819.